The van der Waals surface area contributed by atoms with Crippen molar-refractivity contribution in [2.24, 2.45) is 0 Å². The first-order valence-corrected chi connectivity index (χ1v) is 8.75. The highest BCUT2D eigenvalue weighted by atomic mass is 35.5. The third-order valence-corrected chi connectivity index (χ3v) is 3.89. The summed E-state index contributed by atoms with van der Waals surface area (Å²) < 4.78 is 24.6. The maximum atomic E-state index is 12.3. The standard InChI is InChI=1S/C17H20Cl2FN3O3/c1-17(2,3)23-16(24)14(19)12(9-21-23)26-10-11-5-6-13(18)22-15(11)25-8-4-7-20/h5-6,9H,4,7-8,10H2,1-3H3. The van der Waals surface area contributed by atoms with Gasteiger partial charge in [-0.3, -0.25) is 9.18 Å². The van der Waals surface area contributed by atoms with Crippen molar-refractivity contribution in [2.45, 2.75) is 39.3 Å². The smallest absolute Gasteiger partial charge is 0.289 e. The fraction of sp³-hybridized carbons (Fsp3) is 0.471. The lowest BCUT2D eigenvalue weighted by molar-refractivity contribution is 0.257. The van der Waals surface area contributed by atoms with Crippen LogP contribution in [0, 0.1) is 0 Å². The van der Waals surface area contributed by atoms with Gasteiger partial charge in [0.25, 0.3) is 5.56 Å². The molecule has 9 heteroatoms. The highest BCUT2D eigenvalue weighted by Crippen LogP contribution is 2.25. The molecule has 6 nitrogen and oxygen atoms in total. The molecule has 0 aliphatic carbocycles. The van der Waals surface area contributed by atoms with Crippen LogP contribution < -0.4 is 15.0 Å². The average molecular weight is 404 g/mol. The molecule has 2 heterocycles. The molecule has 2 aromatic rings. The Balaban J connectivity index is 2.19. The third kappa shape index (κ3) is 5.08. The number of hydrogen-bond donors (Lipinski definition) is 0. The summed E-state index contributed by atoms with van der Waals surface area (Å²) in [5.74, 6) is 0.403. The maximum Gasteiger partial charge on any atom is 0.289 e. The van der Waals surface area contributed by atoms with Crippen molar-refractivity contribution in [1.82, 2.24) is 14.8 Å². The molecule has 0 atom stereocenters. The molecule has 0 aliphatic rings. The normalized spacial score (nSPS) is 11.5. The number of nitrogens with zero attached hydrogens (tertiary/aromatic N) is 3. The van der Waals surface area contributed by atoms with Crippen molar-refractivity contribution in [2.75, 3.05) is 13.3 Å². The molecule has 0 N–H and O–H groups in total. The van der Waals surface area contributed by atoms with E-state index in [4.69, 9.17) is 32.7 Å². The minimum absolute atomic E-state index is 0.0372. The SMILES string of the molecule is CC(C)(C)n1ncc(OCc2ccc(Cl)nc2OCCCF)c(Cl)c1=O. The molecule has 2 aromatic heterocycles. The van der Waals surface area contributed by atoms with Crippen molar-refractivity contribution in [3.63, 3.8) is 0 Å². The van der Waals surface area contributed by atoms with Crippen LogP contribution in [0.3, 0.4) is 0 Å². The quantitative estimate of drug-likeness (QED) is 0.515. The lowest BCUT2D eigenvalue weighted by Gasteiger charge is -2.21. The van der Waals surface area contributed by atoms with Gasteiger partial charge in [-0.25, -0.2) is 9.67 Å². The van der Waals surface area contributed by atoms with Gasteiger partial charge >= 0.3 is 0 Å². The van der Waals surface area contributed by atoms with Gasteiger partial charge in [0.05, 0.1) is 30.6 Å². The molecule has 0 aromatic carbocycles. The van der Waals surface area contributed by atoms with Gasteiger partial charge < -0.3 is 9.47 Å². The summed E-state index contributed by atoms with van der Waals surface area (Å²) in [5.41, 5.74) is -0.355. The van der Waals surface area contributed by atoms with Crippen molar-refractivity contribution in [3.05, 3.63) is 44.4 Å². The van der Waals surface area contributed by atoms with E-state index < -0.39 is 17.8 Å². The largest absolute Gasteiger partial charge is 0.485 e. The van der Waals surface area contributed by atoms with Crippen LogP contribution >= 0.6 is 23.2 Å². The number of aromatic nitrogens is 3. The summed E-state index contributed by atoms with van der Waals surface area (Å²) in [6.07, 6.45) is 1.64. The van der Waals surface area contributed by atoms with Crippen molar-refractivity contribution < 1.29 is 13.9 Å². The molecule has 0 unspecified atom stereocenters. The first-order chi connectivity index (χ1) is 12.2. The summed E-state index contributed by atoms with van der Waals surface area (Å²) in [5, 5.41) is 4.29. The molecule has 142 valence electrons. The van der Waals surface area contributed by atoms with Crippen LogP contribution in [0.15, 0.2) is 23.1 Å². The highest BCUT2D eigenvalue weighted by molar-refractivity contribution is 6.31. The highest BCUT2D eigenvalue weighted by Gasteiger charge is 2.20. The van der Waals surface area contributed by atoms with E-state index in [2.05, 4.69) is 10.1 Å². The van der Waals surface area contributed by atoms with Crippen LogP contribution in [0.4, 0.5) is 4.39 Å². The minimum atomic E-state index is -0.503. The Morgan fingerprint density at radius 3 is 2.62 bits per heavy atom. The second-order valence-corrected chi connectivity index (χ2v) is 7.25. The van der Waals surface area contributed by atoms with E-state index in [1.54, 1.807) is 12.1 Å². The topological polar surface area (TPSA) is 66.2 Å². The molecule has 0 saturated heterocycles. The summed E-state index contributed by atoms with van der Waals surface area (Å²) in [6.45, 7) is 5.25. The van der Waals surface area contributed by atoms with Crippen LogP contribution in [0.5, 0.6) is 11.6 Å². The first kappa shape index (κ1) is 20.5. The van der Waals surface area contributed by atoms with E-state index in [-0.39, 0.29) is 41.4 Å². The van der Waals surface area contributed by atoms with Gasteiger partial charge in [0.2, 0.25) is 5.88 Å². The van der Waals surface area contributed by atoms with Gasteiger partial charge in [0.15, 0.2) is 10.8 Å². The van der Waals surface area contributed by atoms with Gasteiger partial charge in [-0.05, 0) is 32.9 Å². The summed E-state index contributed by atoms with van der Waals surface area (Å²) in [4.78, 5) is 16.4. The predicted molar refractivity (Wildman–Crippen MR) is 98.2 cm³/mol. The fourth-order valence-electron chi connectivity index (χ4n) is 2.06. The second-order valence-electron chi connectivity index (χ2n) is 6.49. The third-order valence-electron chi connectivity index (χ3n) is 3.33. The van der Waals surface area contributed by atoms with Crippen molar-refractivity contribution >= 4 is 23.2 Å². The maximum absolute atomic E-state index is 12.3. The van der Waals surface area contributed by atoms with Crippen LogP contribution in [0.2, 0.25) is 10.2 Å². The van der Waals surface area contributed by atoms with Crippen molar-refractivity contribution in [1.29, 1.82) is 0 Å². The van der Waals surface area contributed by atoms with Gasteiger partial charge in [-0.1, -0.05) is 23.2 Å². The van der Waals surface area contributed by atoms with Gasteiger partial charge in [-0.2, -0.15) is 5.10 Å². The molecule has 26 heavy (non-hydrogen) atoms. The Labute approximate surface area is 160 Å². The number of pyridine rings is 1. The number of halogens is 3. The zero-order valence-corrected chi connectivity index (χ0v) is 16.3. The van der Waals surface area contributed by atoms with E-state index in [1.807, 2.05) is 20.8 Å². The molecule has 0 radical (unpaired) electrons. The van der Waals surface area contributed by atoms with Gasteiger partial charge in [0, 0.05) is 6.42 Å². The molecule has 0 amide bonds. The number of rotatable bonds is 7. The van der Waals surface area contributed by atoms with Crippen molar-refractivity contribution in [3.8, 4) is 11.6 Å². The summed E-state index contributed by atoms with van der Waals surface area (Å²) in [7, 11) is 0. The van der Waals surface area contributed by atoms with E-state index in [0.29, 0.717) is 5.56 Å². The Morgan fingerprint density at radius 1 is 1.23 bits per heavy atom. The number of alkyl halides is 1. The van der Waals surface area contributed by atoms with E-state index >= 15 is 0 Å². The van der Waals surface area contributed by atoms with E-state index in [0.717, 1.165) is 0 Å². The Bertz CT molecular complexity index is 822. The Morgan fingerprint density at radius 2 is 1.96 bits per heavy atom. The number of hydrogen-bond acceptors (Lipinski definition) is 5. The van der Waals surface area contributed by atoms with Crippen LogP contribution in [0.25, 0.3) is 0 Å². The van der Waals surface area contributed by atoms with Gasteiger partial charge in [-0.15, -0.1) is 0 Å². The predicted octanol–water partition coefficient (Wildman–Crippen LogP) is 4.02. The first-order valence-electron chi connectivity index (χ1n) is 7.99. The molecular weight excluding hydrogens is 384 g/mol. The molecule has 0 aliphatic heterocycles. The van der Waals surface area contributed by atoms with Crippen LogP contribution in [-0.2, 0) is 12.1 Å². The Kier molecular flexibility index (Phi) is 6.83. The molecule has 2 rings (SSSR count). The summed E-state index contributed by atoms with van der Waals surface area (Å²) in [6, 6.07) is 3.26. The fourth-order valence-corrected chi connectivity index (χ4v) is 2.38. The molecule has 0 saturated carbocycles. The van der Waals surface area contributed by atoms with Gasteiger partial charge in [0.1, 0.15) is 11.8 Å². The summed E-state index contributed by atoms with van der Waals surface area (Å²) >= 11 is 12.0. The number of ether oxygens (including phenoxy) is 2. The molecule has 0 fully saturated rings. The second kappa shape index (κ2) is 8.68. The lowest BCUT2D eigenvalue weighted by Crippen LogP contribution is -2.36. The monoisotopic (exact) mass is 403 g/mol. The minimum Gasteiger partial charge on any atom is -0.485 e. The zero-order chi connectivity index (χ0) is 19.3. The lowest BCUT2D eigenvalue weighted by atomic mass is 10.1. The zero-order valence-electron chi connectivity index (χ0n) is 14.8. The van der Waals surface area contributed by atoms with Crippen LogP contribution in [0.1, 0.15) is 32.8 Å². The van der Waals surface area contributed by atoms with E-state index in [9.17, 15) is 9.18 Å². The molecular formula is C17H20Cl2FN3O3. The van der Waals surface area contributed by atoms with E-state index in [1.165, 1.54) is 10.9 Å². The van der Waals surface area contributed by atoms with Crippen LogP contribution in [-0.4, -0.2) is 28.0 Å². The molecule has 0 spiro atoms. The average Bonchev–Trinajstić information content (AvgIpc) is 2.56. The molecule has 0 bridgehead atoms. The Hall–Kier alpha value is -1.86.